The monoisotopic (exact) mass is 451 g/mol. The molecule has 0 spiro atoms. The van der Waals surface area contributed by atoms with Gasteiger partial charge in [-0.1, -0.05) is 0 Å². The Morgan fingerprint density at radius 2 is 1.79 bits per heavy atom. The third-order valence-corrected chi connectivity index (χ3v) is 5.64. The summed E-state index contributed by atoms with van der Waals surface area (Å²) < 4.78 is 19.3. The van der Waals surface area contributed by atoms with Gasteiger partial charge in [0, 0.05) is 35.3 Å². The molecule has 0 saturated heterocycles. The van der Waals surface area contributed by atoms with Gasteiger partial charge in [0.05, 0.1) is 29.9 Å². The minimum atomic E-state index is -0.312. The number of H-pyrrole nitrogens is 2. The Bertz CT molecular complexity index is 1670. The largest absolute Gasteiger partial charge is 0.495 e. The van der Waals surface area contributed by atoms with Gasteiger partial charge in [0.25, 0.3) is 0 Å². The maximum absolute atomic E-state index is 14.1. The zero-order valence-electron chi connectivity index (χ0n) is 18.3. The van der Waals surface area contributed by atoms with E-state index >= 15 is 0 Å². The van der Waals surface area contributed by atoms with Crippen LogP contribution in [0.25, 0.3) is 56.0 Å². The number of halogens is 1. The molecule has 5 heterocycles. The molecule has 0 aliphatic rings. The van der Waals surface area contributed by atoms with Gasteiger partial charge in [0.15, 0.2) is 11.5 Å². The maximum atomic E-state index is 14.1. The number of rotatable bonds is 4. The topological polar surface area (TPSA) is 105 Å². The standard InChI is InChI=1S/C25H18FN7O/c1-13-5-14(7-17(26)6-13)21-23-20(3-4-28-21)30-25(31-23)22-19-9-16(11-29-24(19)33-32-22)15-8-18(34-2)12-27-10-15/h3-12H,1-2H3,(H,30,31)(H,29,32,33). The van der Waals surface area contributed by atoms with Crippen LogP contribution in [0.1, 0.15) is 5.56 Å². The molecule has 2 N–H and O–H groups in total. The Morgan fingerprint density at radius 1 is 0.912 bits per heavy atom. The van der Waals surface area contributed by atoms with Crippen molar-refractivity contribution in [3.8, 4) is 39.7 Å². The number of aryl methyl sites for hydroxylation is 1. The third-order valence-electron chi connectivity index (χ3n) is 5.64. The molecule has 0 radical (unpaired) electrons. The summed E-state index contributed by atoms with van der Waals surface area (Å²) >= 11 is 0. The number of nitrogens with one attached hydrogen (secondary N) is 2. The molecule has 166 valence electrons. The van der Waals surface area contributed by atoms with Crippen molar-refractivity contribution in [2.24, 2.45) is 0 Å². The quantitative estimate of drug-likeness (QED) is 0.387. The summed E-state index contributed by atoms with van der Waals surface area (Å²) in [6.45, 7) is 1.85. The highest BCUT2D eigenvalue weighted by Crippen LogP contribution is 2.32. The van der Waals surface area contributed by atoms with Gasteiger partial charge in [0.1, 0.15) is 22.8 Å². The van der Waals surface area contributed by atoms with Crippen LogP contribution < -0.4 is 4.74 Å². The number of imidazole rings is 1. The molecule has 34 heavy (non-hydrogen) atoms. The van der Waals surface area contributed by atoms with Crippen LogP contribution in [0.5, 0.6) is 5.75 Å². The average molecular weight is 451 g/mol. The van der Waals surface area contributed by atoms with Crippen molar-refractivity contribution in [3.63, 3.8) is 0 Å². The van der Waals surface area contributed by atoms with Crippen molar-refractivity contribution in [3.05, 3.63) is 72.6 Å². The first-order valence-electron chi connectivity index (χ1n) is 10.6. The fourth-order valence-corrected chi connectivity index (χ4v) is 4.06. The second-order valence-electron chi connectivity index (χ2n) is 7.96. The Hall–Kier alpha value is -4.66. The van der Waals surface area contributed by atoms with Gasteiger partial charge >= 0.3 is 0 Å². The number of hydrogen-bond acceptors (Lipinski definition) is 6. The zero-order chi connectivity index (χ0) is 23.2. The molecule has 9 heteroatoms. The summed E-state index contributed by atoms with van der Waals surface area (Å²) in [4.78, 5) is 21.3. The number of aromatic nitrogens is 7. The Kier molecular flexibility index (Phi) is 4.54. The van der Waals surface area contributed by atoms with Crippen molar-refractivity contribution in [2.45, 2.75) is 6.92 Å². The number of hydrogen-bond donors (Lipinski definition) is 2. The van der Waals surface area contributed by atoms with E-state index in [2.05, 4.69) is 30.1 Å². The van der Waals surface area contributed by atoms with E-state index in [0.29, 0.717) is 39.7 Å². The number of fused-ring (bicyclic) bond motifs is 2. The van der Waals surface area contributed by atoms with Crippen molar-refractivity contribution in [2.75, 3.05) is 7.11 Å². The number of nitrogens with zero attached hydrogens (tertiary/aromatic N) is 5. The van der Waals surface area contributed by atoms with Crippen molar-refractivity contribution in [1.82, 2.24) is 35.1 Å². The van der Waals surface area contributed by atoms with E-state index in [1.807, 2.05) is 31.2 Å². The average Bonchev–Trinajstić information content (AvgIpc) is 3.46. The number of aromatic amines is 2. The van der Waals surface area contributed by atoms with Crippen LogP contribution >= 0.6 is 0 Å². The lowest BCUT2D eigenvalue weighted by atomic mass is 10.1. The van der Waals surface area contributed by atoms with Crippen LogP contribution in [0.15, 0.2) is 61.2 Å². The van der Waals surface area contributed by atoms with Gasteiger partial charge in [-0.05, 0) is 48.9 Å². The predicted molar refractivity (Wildman–Crippen MR) is 127 cm³/mol. The SMILES string of the molecule is COc1cncc(-c2cnc3[nH]nc(-c4nc5c(-c6cc(C)cc(F)c6)nccc5[nH]4)c3c2)c1. The molecule has 0 atom stereocenters. The normalized spacial score (nSPS) is 11.4. The van der Waals surface area contributed by atoms with E-state index in [1.165, 1.54) is 12.1 Å². The molecule has 6 rings (SSSR count). The minimum absolute atomic E-state index is 0.312. The van der Waals surface area contributed by atoms with E-state index in [9.17, 15) is 4.39 Å². The number of ether oxygens (including phenoxy) is 1. The minimum Gasteiger partial charge on any atom is -0.495 e. The molecular weight excluding hydrogens is 433 g/mol. The van der Waals surface area contributed by atoms with E-state index in [4.69, 9.17) is 9.72 Å². The third kappa shape index (κ3) is 3.34. The lowest BCUT2D eigenvalue weighted by molar-refractivity contribution is 0.413. The Balaban J connectivity index is 1.49. The summed E-state index contributed by atoms with van der Waals surface area (Å²) in [5, 5.41) is 8.23. The van der Waals surface area contributed by atoms with Gasteiger partial charge in [0.2, 0.25) is 0 Å². The molecular formula is C25H18FN7O. The van der Waals surface area contributed by atoms with E-state index in [-0.39, 0.29) is 5.82 Å². The first kappa shape index (κ1) is 20.0. The molecule has 5 aromatic heterocycles. The Morgan fingerprint density at radius 3 is 2.65 bits per heavy atom. The summed E-state index contributed by atoms with van der Waals surface area (Å²) in [6.07, 6.45) is 6.84. The smallest absolute Gasteiger partial charge is 0.159 e. The van der Waals surface area contributed by atoms with Gasteiger partial charge in [-0.3, -0.25) is 15.1 Å². The van der Waals surface area contributed by atoms with Crippen LogP contribution in [0.2, 0.25) is 0 Å². The predicted octanol–water partition coefficient (Wildman–Crippen LogP) is 5.08. The van der Waals surface area contributed by atoms with Gasteiger partial charge < -0.3 is 9.72 Å². The molecule has 0 amide bonds. The second kappa shape index (κ2) is 7.73. The first-order chi connectivity index (χ1) is 16.6. The molecule has 0 saturated carbocycles. The van der Waals surface area contributed by atoms with Crippen LogP contribution in [0.3, 0.4) is 0 Å². The Labute approximate surface area is 192 Å². The molecule has 0 fully saturated rings. The fraction of sp³-hybridized carbons (Fsp3) is 0.0800. The molecule has 0 aliphatic heterocycles. The summed E-state index contributed by atoms with van der Waals surface area (Å²) in [7, 11) is 1.60. The summed E-state index contributed by atoms with van der Waals surface area (Å²) in [6, 6.07) is 10.6. The molecule has 0 bridgehead atoms. The van der Waals surface area contributed by atoms with E-state index in [0.717, 1.165) is 27.6 Å². The number of methoxy groups -OCH3 is 1. The zero-order valence-corrected chi connectivity index (χ0v) is 18.3. The van der Waals surface area contributed by atoms with Gasteiger partial charge in [-0.25, -0.2) is 14.4 Å². The van der Waals surface area contributed by atoms with Gasteiger partial charge in [-0.15, -0.1) is 0 Å². The first-order valence-corrected chi connectivity index (χ1v) is 10.6. The van der Waals surface area contributed by atoms with E-state index < -0.39 is 0 Å². The summed E-state index contributed by atoms with van der Waals surface area (Å²) in [5.41, 5.74) is 6.50. The fourth-order valence-electron chi connectivity index (χ4n) is 4.06. The molecule has 8 nitrogen and oxygen atoms in total. The van der Waals surface area contributed by atoms with Crippen molar-refractivity contribution >= 4 is 22.1 Å². The van der Waals surface area contributed by atoms with Crippen LogP contribution in [-0.4, -0.2) is 42.2 Å². The van der Waals surface area contributed by atoms with Crippen LogP contribution in [-0.2, 0) is 0 Å². The number of pyridine rings is 3. The van der Waals surface area contributed by atoms with Crippen LogP contribution in [0.4, 0.5) is 4.39 Å². The number of benzene rings is 1. The molecule has 1 aromatic carbocycles. The molecule has 0 unspecified atom stereocenters. The highest BCUT2D eigenvalue weighted by Gasteiger charge is 2.17. The lowest BCUT2D eigenvalue weighted by Crippen LogP contribution is -1.88. The lowest BCUT2D eigenvalue weighted by Gasteiger charge is -2.04. The van der Waals surface area contributed by atoms with Gasteiger partial charge in [-0.2, -0.15) is 5.10 Å². The van der Waals surface area contributed by atoms with Crippen molar-refractivity contribution < 1.29 is 9.13 Å². The maximum Gasteiger partial charge on any atom is 0.159 e. The molecule has 0 aliphatic carbocycles. The van der Waals surface area contributed by atoms with E-state index in [1.54, 1.807) is 31.9 Å². The highest BCUT2D eigenvalue weighted by molar-refractivity contribution is 5.96. The highest BCUT2D eigenvalue weighted by atomic mass is 19.1. The second-order valence-corrected chi connectivity index (χ2v) is 7.96. The molecule has 6 aromatic rings. The van der Waals surface area contributed by atoms with Crippen molar-refractivity contribution in [1.29, 1.82) is 0 Å². The van der Waals surface area contributed by atoms with Crippen LogP contribution in [0, 0.1) is 12.7 Å². The summed E-state index contributed by atoms with van der Waals surface area (Å²) in [5.74, 6) is 0.912.